The molecule has 0 amide bonds. The van der Waals surface area contributed by atoms with Crippen molar-refractivity contribution in [3.63, 3.8) is 0 Å². The average Bonchev–Trinajstić information content (AvgIpc) is 2.69. The van der Waals surface area contributed by atoms with Gasteiger partial charge in [0, 0.05) is 16.2 Å². The van der Waals surface area contributed by atoms with Gasteiger partial charge in [0.2, 0.25) is 0 Å². The van der Waals surface area contributed by atoms with Crippen molar-refractivity contribution in [2.45, 2.75) is 39.9 Å². The Hall–Kier alpha value is -3.35. The second kappa shape index (κ2) is 9.64. The lowest BCUT2D eigenvalue weighted by Crippen LogP contribution is -2.19. The molecule has 0 saturated carbocycles. The van der Waals surface area contributed by atoms with Crippen LogP contribution < -0.4 is 9.47 Å². The maximum Gasteiger partial charge on any atom is 0.344 e. The lowest BCUT2D eigenvalue weighted by Gasteiger charge is -2.18. The van der Waals surface area contributed by atoms with Crippen LogP contribution in [0.4, 0.5) is 4.39 Å². The fraction of sp³-hybridized carbons (Fsp3) is 0.333. The molecule has 0 atom stereocenters. The summed E-state index contributed by atoms with van der Waals surface area (Å²) in [5.74, 6) is -1.07. The van der Waals surface area contributed by atoms with Gasteiger partial charge in [-0.2, -0.15) is 0 Å². The standard InChI is InChI=1S/C24H25FO6/c1-14(2)30-20(26)12-28-23-16-8-5-6-9-17(16)24(29-13-21(27)31-15(3)4)22-18(23)10-7-11-19(22)25/h5-11,14-15H,12-13H2,1-4H3. The van der Waals surface area contributed by atoms with Crippen LogP contribution in [0.15, 0.2) is 42.5 Å². The Kier molecular flexibility index (Phi) is 6.95. The number of benzene rings is 3. The molecule has 0 saturated heterocycles. The van der Waals surface area contributed by atoms with Gasteiger partial charge in [0.1, 0.15) is 17.3 Å². The fourth-order valence-corrected chi connectivity index (χ4v) is 3.26. The fourth-order valence-electron chi connectivity index (χ4n) is 3.26. The van der Waals surface area contributed by atoms with E-state index in [1.54, 1.807) is 64.1 Å². The Balaban J connectivity index is 2.08. The number of rotatable bonds is 8. The van der Waals surface area contributed by atoms with Crippen LogP contribution in [0.1, 0.15) is 27.7 Å². The number of ether oxygens (including phenoxy) is 4. The number of carbonyl (C=O) groups is 2. The van der Waals surface area contributed by atoms with Crippen LogP contribution in [0.25, 0.3) is 21.5 Å². The normalized spacial score (nSPS) is 11.2. The third-order valence-electron chi connectivity index (χ3n) is 4.30. The molecule has 0 heterocycles. The molecule has 0 aliphatic heterocycles. The second-order valence-electron chi connectivity index (χ2n) is 7.52. The first kappa shape index (κ1) is 22.3. The lowest BCUT2D eigenvalue weighted by atomic mass is 10.00. The van der Waals surface area contributed by atoms with Crippen LogP contribution in [0.5, 0.6) is 11.5 Å². The molecule has 164 valence electrons. The van der Waals surface area contributed by atoms with E-state index in [1.165, 1.54) is 6.07 Å². The monoisotopic (exact) mass is 428 g/mol. The van der Waals surface area contributed by atoms with Gasteiger partial charge >= 0.3 is 11.9 Å². The molecule has 0 aromatic heterocycles. The van der Waals surface area contributed by atoms with Gasteiger partial charge in [-0.25, -0.2) is 14.0 Å². The minimum atomic E-state index is -0.555. The highest BCUT2D eigenvalue weighted by Gasteiger charge is 2.21. The quantitative estimate of drug-likeness (QED) is 0.379. The smallest absolute Gasteiger partial charge is 0.344 e. The number of carbonyl (C=O) groups excluding carboxylic acids is 2. The zero-order valence-electron chi connectivity index (χ0n) is 17.9. The number of hydrogen-bond acceptors (Lipinski definition) is 6. The van der Waals surface area contributed by atoms with Crippen LogP contribution in [0.2, 0.25) is 0 Å². The van der Waals surface area contributed by atoms with Crippen molar-refractivity contribution in [2.24, 2.45) is 0 Å². The summed E-state index contributed by atoms with van der Waals surface area (Å²) in [5, 5.41) is 1.74. The highest BCUT2D eigenvalue weighted by Crippen LogP contribution is 2.43. The average molecular weight is 428 g/mol. The molecular formula is C24H25FO6. The molecule has 3 rings (SSSR count). The SMILES string of the molecule is CC(C)OC(=O)COc1c2ccccc2c(OCC(=O)OC(C)C)c2c(F)cccc12. The van der Waals surface area contributed by atoms with Crippen molar-refractivity contribution < 1.29 is 32.9 Å². The second-order valence-corrected chi connectivity index (χ2v) is 7.52. The van der Waals surface area contributed by atoms with E-state index in [1.807, 2.05) is 0 Å². The molecule has 0 aliphatic carbocycles. The minimum Gasteiger partial charge on any atom is -0.481 e. The lowest BCUT2D eigenvalue weighted by molar-refractivity contribution is -0.150. The molecule has 0 radical (unpaired) electrons. The van der Waals surface area contributed by atoms with Gasteiger partial charge in [-0.1, -0.05) is 36.4 Å². The molecule has 3 aromatic rings. The largest absolute Gasteiger partial charge is 0.481 e. The van der Waals surface area contributed by atoms with Crippen LogP contribution in [0.3, 0.4) is 0 Å². The van der Waals surface area contributed by atoms with E-state index in [0.717, 1.165) is 0 Å². The van der Waals surface area contributed by atoms with Gasteiger partial charge in [-0.3, -0.25) is 0 Å². The third-order valence-corrected chi connectivity index (χ3v) is 4.30. The summed E-state index contributed by atoms with van der Waals surface area (Å²) in [4.78, 5) is 24.0. The van der Waals surface area contributed by atoms with Gasteiger partial charge < -0.3 is 18.9 Å². The summed E-state index contributed by atoms with van der Waals surface area (Å²) in [5.41, 5.74) is 0. The van der Waals surface area contributed by atoms with Gasteiger partial charge in [-0.05, 0) is 33.8 Å². The highest BCUT2D eigenvalue weighted by atomic mass is 19.1. The van der Waals surface area contributed by atoms with Crippen molar-refractivity contribution in [3.05, 3.63) is 48.3 Å². The molecule has 3 aromatic carbocycles. The Morgan fingerprint density at radius 1 is 0.742 bits per heavy atom. The first-order valence-electron chi connectivity index (χ1n) is 10.1. The maximum absolute atomic E-state index is 14.9. The number of halogens is 1. The summed E-state index contributed by atoms with van der Waals surface area (Å²) in [7, 11) is 0. The Labute approximate surface area is 179 Å². The van der Waals surface area contributed by atoms with Gasteiger partial charge in [0.25, 0.3) is 0 Å². The van der Waals surface area contributed by atoms with E-state index >= 15 is 0 Å². The molecular weight excluding hydrogens is 403 g/mol. The minimum absolute atomic E-state index is 0.158. The Bertz CT molecular complexity index is 1110. The first-order chi connectivity index (χ1) is 14.8. The summed E-state index contributed by atoms with van der Waals surface area (Å²) < 4.78 is 36.7. The predicted molar refractivity (Wildman–Crippen MR) is 115 cm³/mol. The van der Waals surface area contributed by atoms with Crippen LogP contribution >= 0.6 is 0 Å². The van der Waals surface area contributed by atoms with E-state index in [-0.39, 0.29) is 36.6 Å². The summed E-state index contributed by atoms with van der Waals surface area (Å²) >= 11 is 0. The topological polar surface area (TPSA) is 71.1 Å². The van der Waals surface area contributed by atoms with E-state index in [9.17, 15) is 14.0 Å². The predicted octanol–water partition coefficient (Wildman–Crippen LogP) is 4.79. The Morgan fingerprint density at radius 2 is 1.23 bits per heavy atom. The summed E-state index contributed by atoms with van der Waals surface area (Å²) in [6, 6.07) is 11.6. The number of esters is 2. The van der Waals surface area contributed by atoms with Gasteiger partial charge in [0.15, 0.2) is 13.2 Å². The van der Waals surface area contributed by atoms with Crippen molar-refractivity contribution in [1.82, 2.24) is 0 Å². The highest BCUT2D eigenvalue weighted by molar-refractivity contribution is 6.11. The number of fused-ring (bicyclic) bond motifs is 2. The van der Waals surface area contributed by atoms with E-state index in [2.05, 4.69) is 0 Å². The zero-order chi connectivity index (χ0) is 22.5. The molecule has 0 unspecified atom stereocenters. The van der Waals surface area contributed by atoms with Crippen molar-refractivity contribution in [3.8, 4) is 11.5 Å². The van der Waals surface area contributed by atoms with E-state index in [0.29, 0.717) is 21.9 Å². The molecule has 0 spiro atoms. The van der Waals surface area contributed by atoms with Crippen LogP contribution in [-0.4, -0.2) is 37.4 Å². The van der Waals surface area contributed by atoms with Crippen LogP contribution in [0, 0.1) is 5.82 Å². The molecule has 7 heteroatoms. The molecule has 6 nitrogen and oxygen atoms in total. The summed E-state index contributed by atoms with van der Waals surface area (Å²) in [6.07, 6.45) is -0.564. The van der Waals surface area contributed by atoms with Crippen molar-refractivity contribution in [2.75, 3.05) is 13.2 Å². The molecule has 0 N–H and O–H groups in total. The molecule has 31 heavy (non-hydrogen) atoms. The molecule has 0 aliphatic rings. The van der Waals surface area contributed by atoms with Crippen molar-refractivity contribution in [1.29, 1.82) is 0 Å². The van der Waals surface area contributed by atoms with E-state index < -0.39 is 17.8 Å². The van der Waals surface area contributed by atoms with Crippen molar-refractivity contribution >= 4 is 33.5 Å². The maximum atomic E-state index is 14.9. The summed E-state index contributed by atoms with van der Waals surface area (Å²) in [6.45, 7) is 6.27. The zero-order valence-corrected chi connectivity index (χ0v) is 17.9. The number of hydrogen-bond donors (Lipinski definition) is 0. The van der Waals surface area contributed by atoms with Gasteiger partial charge in [-0.15, -0.1) is 0 Å². The first-order valence-corrected chi connectivity index (χ1v) is 10.1. The Morgan fingerprint density at radius 3 is 1.77 bits per heavy atom. The van der Waals surface area contributed by atoms with E-state index in [4.69, 9.17) is 18.9 Å². The van der Waals surface area contributed by atoms with Crippen LogP contribution in [-0.2, 0) is 19.1 Å². The molecule has 0 fully saturated rings. The van der Waals surface area contributed by atoms with Gasteiger partial charge in [0.05, 0.1) is 17.6 Å². The molecule has 0 bridgehead atoms. The third kappa shape index (κ3) is 5.23.